The van der Waals surface area contributed by atoms with Gasteiger partial charge in [0.25, 0.3) is 0 Å². The van der Waals surface area contributed by atoms with Gasteiger partial charge in [-0.05, 0) is 56.3 Å². The van der Waals surface area contributed by atoms with E-state index >= 15 is 0 Å². The monoisotopic (exact) mass is 181 g/mol. The summed E-state index contributed by atoms with van der Waals surface area (Å²) in [7, 11) is 0. The normalized spacial score (nSPS) is 39.7. The first kappa shape index (κ1) is 9.51. The predicted octanol–water partition coefficient (Wildman–Crippen LogP) is 2.94. The molecule has 2 N–H and O–H groups in total. The Bertz CT molecular complexity index is 167. The maximum Gasteiger partial charge on any atom is 0.00363 e. The molecule has 1 nitrogen and oxygen atoms in total. The average molecular weight is 181 g/mol. The van der Waals surface area contributed by atoms with Crippen molar-refractivity contribution in [2.75, 3.05) is 0 Å². The van der Waals surface area contributed by atoms with Gasteiger partial charge in [-0.15, -0.1) is 0 Å². The Morgan fingerprint density at radius 2 is 2.15 bits per heavy atom. The summed E-state index contributed by atoms with van der Waals surface area (Å²) in [6.45, 7) is 2.20. The summed E-state index contributed by atoms with van der Waals surface area (Å²) in [6.07, 6.45) is 9.96. The van der Waals surface area contributed by atoms with Crippen LogP contribution in [0.5, 0.6) is 0 Å². The largest absolute Gasteiger partial charge is 0.328 e. The number of rotatable bonds is 4. The van der Waals surface area contributed by atoms with E-state index in [9.17, 15) is 0 Å². The summed E-state index contributed by atoms with van der Waals surface area (Å²) < 4.78 is 0. The van der Waals surface area contributed by atoms with Crippen LogP contribution in [0.2, 0.25) is 0 Å². The third-order valence-electron chi connectivity index (χ3n) is 4.32. The van der Waals surface area contributed by atoms with E-state index in [2.05, 4.69) is 6.92 Å². The van der Waals surface area contributed by atoms with Crippen LogP contribution < -0.4 is 5.73 Å². The van der Waals surface area contributed by atoms with Gasteiger partial charge in [0, 0.05) is 6.04 Å². The van der Waals surface area contributed by atoms with Crippen LogP contribution in [0.15, 0.2) is 0 Å². The maximum atomic E-state index is 5.95. The molecule has 4 unspecified atom stereocenters. The van der Waals surface area contributed by atoms with Gasteiger partial charge < -0.3 is 5.73 Å². The van der Waals surface area contributed by atoms with E-state index in [4.69, 9.17) is 5.73 Å². The molecule has 4 atom stereocenters. The van der Waals surface area contributed by atoms with Crippen molar-refractivity contribution in [1.29, 1.82) is 0 Å². The molecular weight excluding hydrogens is 158 g/mol. The van der Waals surface area contributed by atoms with Gasteiger partial charge in [-0.3, -0.25) is 0 Å². The van der Waals surface area contributed by atoms with Crippen molar-refractivity contribution >= 4 is 0 Å². The van der Waals surface area contributed by atoms with E-state index in [1.807, 2.05) is 0 Å². The molecule has 0 amide bonds. The number of nitrogens with two attached hydrogens (primary N) is 1. The second-order valence-electron chi connectivity index (χ2n) is 5.18. The van der Waals surface area contributed by atoms with Crippen molar-refractivity contribution in [3.05, 3.63) is 0 Å². The van der Waals surface area contributed by atoms with E-state index in [1.165, 1.54) is 32.1 Å². The maximum absolute atomic E-state index is 5.95. The molecule has 2 aliphatic carbocycles. The minimum atomic E-state index is 0.471. The standard InChI is InChI=1S/C12H23N/c1-2-12(13)6-5-11-8-9-3-4-10(11)7-9/h9-12H,2-8,13H2,1H3. The predicted molar refractivity (Wildman–Crippen MR) is 56.4 cm³/mol. The first-order valence-corrected chi connectivity index (χ1v) is 6.05. The summed E-state index contributed by atoms with van der Waals surface area (Å²) in [5, 5.41) is 0. The first-order chi connectivity index (χ1) is 6.29. The molecule has 0 heterocycles. The van der Waals surface area contributed by atoms with Gasteiger partial charge in [-0.2, -0.15) is 0 Å². The minimum absolute atomic E-state index is 0.471. The van der Waals surface area contributed by atoms with Gasteiger partial charge in [0.1, 0.15) is 0 Å². The van der Waals surface area contributed by atoms with Gasteiger partial charge in [0.15, 0.2) is 0 Å². The highest BCUT2D eigenvalue weighted by molar-refractivity contribution is 4.90. The van der Waals surface area contributed by atoms with Crippen LogP contribution in [0.25, 0.3) is 0 Å². The second-order valence-corrected chi connectivity index (χ2v) is 5.18. The van der Waals surface area contributed by atoms with Gasteiger partial charge in [0.2, 0.25) is 0 Å². The zero-order valence-electron chi connectivity index (χ0n) is 8.84. The highest BCUT2D eigenvalue weighted by Gasteiger charge is 2.38. The van der Waals surface area contributed by atoms with Crippen LogP contribution in [0.4, 0.5) is 0 Å². The van der Waals surface area contributed by atoms with E-state index in [0.717, 1.165) is 24.2 Å². The molecule has 0 aromatic rings. The molecule has 2 bridgehead atoms. The van der Waals surface area contributed by atoms with Crippen LogP contribution in [0.1, 0.15) is 51.9 Å². The van der Waals surface area contributed by atoms with Crippen LogP contribution in [-0.2, 0) is 0 Å². The zero-order chi connectivity index (χ0) is 9.26. The van der Waals surface area contributed by atoms with Crippen molar-refractivity contribution in [2.24, 2.45) is 23.5 Å². The molecule has 2 rings (SSSR count). The second kappa shape index (κ2) is 4.00. The molecule has 0 saturated heterocycles. The molecule has 0 aliphatic heterocycles. The van der Waals surface area contributed by atoms with Crippen molar-refractivity contribution in [1.82, 2.24) is 0 Å². The van der Waals surface area contributed by atoms with E-state index in [1.54, 1.807) is 6.42 Å². The Kier molecular flexibility index (Phi) is 2.92. The van der Waals surface area contributed by atoms with Gasteiger partial charge in [-0.25, -0.2) is 0 Å². The quantitative estimate of drug-likeness (QED) is 0.709. The fourth-order valence-corrected chi connectivity index (χ4v) is 3.36. The molecule has 0 spiro atoms. The lowest BCUT2D eigenvalue weighted by Gasteiger charge is -2.22. The Balaban J connectivity index is 1.71. The molecule has 13 heavy (non-hydrogen) atoms. The van der Waals surface area contributed by atoms with E-state index < -0.39 is 0 Å². The third-order valence-corrected chi connectivity index (χ3v) is 4.32. The molecule has 2 aliphatic rings. The molecular formula is C12H23N. The van der Waals surface area contributed by atoms with Crippen LogP contribution in [0.3, 0.4) is 0 Å². The van der Waals surface area contributed by atoms with Gasteiger partial charge in [-0.1, -0.05) is 13.3 Å². The lowest BCUT2D eigenvalue weighted by atomic mass is 9.84. The average Bonchev–Trinajstić information content (AvgIpc) is 2.74. The Morgan fingerprint density at radius 3 is 2.69 bits per heavy atom. The van der Waals surface area contributed by atoms with Crippen molar-refractivity contribution < 1.29 is 0 Å². The molecule has 1 heteroatoms. The van der Waals surface area contributed by atoms with Gasteiger partial charge in [0.05, 0.1) is 0 Å². The molecule has 0 radical (unpaired) electrons. The van der Waals surface area contributed by atoms with E-state index in [-0.39, 0.29) is 0 Å². The Morgan fingerprint density at radius 1 is 1.31 bits per heavy atom. The Labute approximate surface area is 82.1 Å². The summed E-state index contributed by atoms with van der Waals surface area (Å²) in [5.41, 5.74) is 5.95. The van der Waals surface area contributed by atoms with Crippen LogP contribution in [-0.4, -0.2) is 6.04 Å². The van der Waals surface area contributed by atoms with Crippen LogP contribution >= 0.6 is 0 Å². The fraction of sp³-hybridized carbons (Fsp3) is 1.00. The van der Waals surface area contributed by atoms with Crippen molar-refractivity contribution in [3.8, 4) is 0 Å². The summed E-state index contributed by atoms with van der Waals surface area (Å²) >= 11 is 0. The highest BCUT2D eigenvalue weighted by atomic mass is 14.6. The van der Waals surface area contributed by atoms with E-state index in [0.29, 0.717) is 6.04 Å². The summed E-state index contributed by atoms with van der Waals surface area (Å²) in [5.74, 6) is 3.25. The molecule has 2 saturated carbocycles. The highest BCUT2D eigenvalue weighted by Crippen LogP contribution is 2.49. The zero-order valence-corrected chi connectivity index (χ0v) is 8.84. The first-order valence-electron chi connectivity index (χ1n) is 6.05. The lowest BCUT2D eigenvalue weighted by Crippen LogP contribution is -2.21. The number of hydrogen-bond donors (Lipinski definition) is 1. The van der Waals surface area contributed by atoms with Crippen molar-refractivity contribution in [3.63, 3.8) is 0 Å². The Hall–Kier alpha value is -0.0400. The van der Waals surface area contributed by atoms with Crippen molar-refractivity contribution in [2.45, 2.75) is 57.9 Å². The molecule has 2 fully saturated rings. The fourth-order valence-electron chi connectivity index (χ4n) is 3.36. The molecule has 76 valence electrons. The number of hydrogen-bond acceptors (Lipinski definition) is 1. The molecule has 0 aromatic heterocycles. The topological polar surface area (TPSA) is 26.0 Å². The lowest BCUT2D eigenvalue weighted by molar-refractivity contribution is 0.299. The van der Waals surface area contributed by atoms with Crippen LogP contribution in [0, 0.1) is 17.8 Å². The SMILES string of the molecule is CCC(N)CCC1CC2CCC1C2. The third kappa shape index (κ3) is 2.07. The minimum Gasteiger partial charge on any atom is -0.328 e. The smallest absolute Gasteiger partial charge is 0.00363 e. The summed E-state index contributed by atoms with van der Waals surface area (Å²) in [6, 6.07) is 0.471. The number of fused-ring (bicyclic) bond motifs is 2. The van der Waals surface area contributed by atoms with Gasteiger partial charge >= 0.3 is 0 Å². The summed E-state index contributed by atoms with van der Waals surface area (Å²) in [4.78, 5) is 0. The molecule has 0 aromatic carbocycles.